The van der Waals surface area contributed by atoms with Crippen LogP contribution in [0.2, 0.25) is 0 Å². The molecule has 0 bridgehead atoms. The molecule has 20 heavy (non-hydrogen) atoms. The molecule has 1 heterocycles. The van der Waals surface area contributed by atoms with E-state index in [4.69, 9.17) is 4.74 Å². The molecular weight excluding hydrogens is 256 g/mol. The number of amides is 2. The average molecular weight is 274 g/mol. The molecule has 5 heteroatoms. The zero-order valence-electron chi connectivity index (χ0n) is 12.1. The van der Waals surface area contributed by atoms with Crippen LogP contribution >= 0.6 is 0 Å². The predicted molar refractivity (Wildman–Crippen MR) is 74.8 cm³/mol. The van der Waals surface area contributed by atoms with Gasteiger partial charge in [0.15, 0.2) is 0 Å². The Kier molecular flexibility index (Phi) is 3.79. The van der Waals surface area contributed by atoms with Gasteiger partial charge in [-0.2, -0.15) is 0 Å². The van der Waals surface area contributed by atoms with Crippen molar-refractivity contribution >= 4 is 12.0 Å². The molecule has 0 spiro atoms. The maximum absolute atomic E-state index is 12.2. The van der Waals surface area contributed by atoms with Crippen molar-refractivity contribution in [2.45, 2.75) is 13.0 Å². The summed E-state index contributed by atoms with van der Waals surface area (Å²) in [5.74, 6) is -0.414. The topological polar surface area (TPSA) is 49.9 Å². The van der Waals surface area contributed by atoms with E-state index < -0.39 is 12.0 Å². The Morgan fingerprint density at radius 2 is 1.80 bits per heavy atom. The van der Waals surface area contributed by atoms with Crippen LogP contribution in [0.1, 0.15) is 18.5 Å². The van der Waals surface area contributed by atoms with Crippen LogP contribution in [0.15, 0.2) is 41.6 Å². The maximum atomic E-state index is 12.2. The quantitative estimate of drug-likeness (QED) is 0.777. The predicted octanol–water partition coefficient (Wildman–Crippen LogP) is 2.17. The molecular formula is C15H18N2O3. The first-order chi connectivity index (χ1) is 9.49. The van der Waals surface area contributed by atoms with Crippen molar-refractivity contribution in [3.05, 3.63) is 47.2 Å². The number of esters is 1. The standard InChI is InChI=1S/C15H18N2O3/c1-10-12(14(18)20-4)13(11-8-6-5-7-9-11)17(3)15(19)16(10)2/h5-9,13H,1-4H3/t13-/m0/s1. The molecule has 2 amide bonds. The average Bonchev–Trinajstić information content (AvgIpc) is 2.48. The number of allylic oxidation sites excluding steroid dienone is 1. The van der Waals surface area contributed by atoms with E-state index in [9.17, 15) is 9.59 Å². The van der Waals surface area contributed by atoms with E-state index in [1.54, 1.807) is 25.9 Å². The lowest BCUT2D eigenvalue weighted by atomic mass is 9.94. The zero-order valence-corrected chi connectivity index (χ0v) is 12.1. The second-order valence-electron chi connectivity index (χ2n) is 4.76. The van der Waals surface area contributed by atoms with E-state index in [1.807, 2.05) is 30.3 Å². The van der Waals surface area contributed by atoms with Crippen LogP contribution < -0.4 is 0 Å². The fourth-order valence-corrected chi connectivity index (χ4v) is 2.46. The summed E-state index contributed by atoms with van der Waals surface area (Å²) in [5, 5.41) is 0. The second-order valence-corrected chi connectivity index (χ2v) is 4.76. The SMILES string of the molecule is COC(=O)C1=C(C)N(C)C(=O)N(C)[C@H]1c1ccccc1. The molecule has 1 aromatic rings. The van der Waals surface area contributed by atoms with Gasteiger partial charge in [-0.3, -0.25) is 0 Å². The second kappa shape index (κ2) is 5.36. The minimum atomic E-state index is -0.424. The molecule has 5 nitrogen and oxygen atoms in total. The number of likely N-dealkylation sites (N-methyl/N-ethyl adjacent to an activating group) is 1. The van der Waals surface area contributed by atoms with E-state index in [-0.39, 0.29) is 6.03 Å². The van der Waals surface area contributed by atoms with Crippen LogP contribution in [-0.4, -0.2) is 43.0 Å². The van der Waals surface area contributed by atoms with Gasteiger partial charge >= 0.3 is 12.0 Å². The van der Waals surface area contributed by atoms with Gasteiger partial charge in [-0.05, 0) is 12.5 Å². The van der Waals surface area contributed by atoms with Gasteiger partial charge in [-0.25, -0.2) is 9.59 Å². The zero-order chi connectivity index (χ0) is 14.9. The van der Waals surface area contributed by atoms with Crippen molar-refractivity contribution in [1.29, 1.82) is 0 Å². The highest BCUT2D eigenvalue weighted by Gasteiger charge is 2.38. The third kappa shape index (κ3) is 2.15. The number of rotatable bonds is 2. The van der Waals surface area contributed by atoms with E-state index >= 15 is 0 Å². The molecule has 1 aliphatic rings. The number of methoxy groups -OCH3 is 1. The molecule has 1 aliphatic heterocycles. The van der Waals surface area contributed by atoms with E-state index in [0.717, 1.165) is 5.56 Å². The molecule has 106 valence electrons. The number of hydrogen-bond acceptors (Lipinski definition) is 3. The minimum absolute atomic E-state index is 0.149. The minimum Gasteiger partial charge on any atom is -0.466 e. The Morgan fingerprint density at radius 3 is 2.35 bits per heavy atom. The van der Waals surface area contributed by atoms with Gasteiger partial charge in [-0.1, -0.05) is 30.3 Å². The Bertz CT molecular complexity index is 566. The molecule has 0 radical (unpaired) electrons. The van der Waals surface area contributed by atoms with Crippen LogP contribution in [0.3, 0.4) is 0 Å². The van der Waals surface area contributed by atoms with Crippen LogP contribution in [0.4, 0.5) is 4.79 Å². The summed E-state index contributed by atoms with van der Waals surface area (Å²) in [4.78, 5) is 27.4. The first kappa shape index (κ1) is 14.1. The molecule has 2 rings (SSSR count). The summed E-state index contributed by atoms with van der Waals surface area (Å²) >= 11 is 0. The van der Waals surface area contributed by atoms with Gasteiger partial charge in [0.2, 0.25) is 0 Å². The number of benzene rings is 1. The summed E-state index contributed by atoms with van der Waals surface area (Å²) in [6.45, 7) is 1.76. The van der Waals surface area contributed by atoms with E-state index in [2.05, 4.69) is 0 Å². The monoisotopic (exact) mass is 274 g/mol. The number of urea groups is 1. The van der Waals surface area contributed by atoms with Crippen molar-refractivity contribution in [3.63, 3.8) is 0 Å². The molecule has 1 aromatic carbocycles. The van der Waals surface area contributed by atoms with Crippen molar-refractivity contribution in [3.8, 4) is 0 Å². The number of hydrogen-bond donors (Lipinski definition) is 0. The Hall–Kier alpha value is -2.30. The highest BCUT2D eigenvalue weighted by molar-refractivity contribution is 5.94. The van der Waals surface area contributed by atoms with Gasteiger partial charge < -0.3 is 14.5 Å². The largest absolute Gasteiger partial charge is 0.466 e. The summed E-state index contributed by atoms with van der Waals surface area (Å²) in [7, 11) is 4.69. The normalized spacial score (nSPS) is 19.4. The van der Waals surface area contributed by atoms with Gasteiger partial charge in [0.1, 0.15) is 0 Å². The molecule has 0 unspecified atom stereocenters. The fourth-order valence-electron chi connectivity index (χ4n) is 2.46. The van der Waals surface area contributed by atoms with E-state index in [0.29, 0.717) is 11.3 Å². The molecule has 1 atom stereocenters. The molecule has 0 saturated carbocycles. The van der Waals surface area contributed by atoms with Crippen LogP contribution in [-0.2, 0) is 9.53 Å². The van der Waals surface area contributed by atoms with Crippen molar-refractivity contribution in [2.75, 3.05) is 21.2 Å². The number of carbonyl (C=O) groups excluding carboxylic acids is 2. The third-order valence-electron chi connectivity index (χ3n) is 3.66. The lowest BCUT2D eigenvalue weighted by Crippen LogP contribution is -2.47. The van der Waals surface area contributed by atoms with Crippen molar-refractivity contribution in [1.82, 2.24) is 9.80 Å². The first-order valence-corrected chi connectivity index (χ1v) is 6.33. The maximum Gasteiger partial charge on any atom is 0.337 e. The summed E-state index contributed by atoms with van der Waals surface area (Å²) in [6, 6.07) is 8.89. The van der Waals surface area contributed by atoms with Gasteiger partial charge in [0.25, 0.3) is 0 Å². The molecule has 0 fully saturated rings. The fraction of sp³-hybridized carbons (Fsp3) is 0.333. The molecule has 0 saturated heterocycles. The van der Waals surface area contributed by atoms with Crippen LogP contribution in [0, 0.1) is 0 Å². The lowest BCUT2D eigenvalue weighted by Gasteiger charge is -2.39. The number of carbonyl (C=O) groups is 2. The highest BCUT2D eigenvalue weighted by Crippen LogP contribution is 2.35. The van der Waals surface area contributed by atoms with Gasteiger partial charge in [0, 0.05) is 19.8 Å². The van der Waals surface area contributed by atoms with Gasteiger partial charge in [-0.15, -0.1) is 0 Å². The Morgan fingerprint density at radius 1 is 1.20 bits per heavy atom. The summed E-state index contributed by atoms with van der Waals surface area (Å²) < 4.78 is 4.88. The number of nitrogens with zero attached hydrogens (tertiary/aromatic N) is 2. The van der Waals surface area contributed by atoms with Crippen LogP contribution in [0.25, 0.3) is 0 Å². The third-order valence-corrected chi connectivity index (χ3v) is 3.66. The summed E-state index contributed by atoms with van der Waals surface area (Å²) in [6.07, 6.45) is 0. The van der Waals surface area contributed by atoms with Gasteiger partial charge in [0.05, 0.1) is 18.7 Å². The Labute approximate surface area is 118 Å². The van der Waals surface area contributed by atoms with Crippen molar-refractivity contribution in [2.24, 2.45) is 0 Å². The smallest absolute Gasteiger partial charge is 0.337 e. The molecule has 0 aromatic heterocycles. The number of ether oxygens (including phenoxy) is 1. The molecule has 0 aliphatic carbocycles. The van der Waals surface area contributed by atoms with Crippen LogP contribution in [0.5, 0.6) is 0 Å². The lowest BCUT2D eigenvalue weighted by molar-refractivity contribution is -0.137. The Balaban J connectivity index is 2.61. The first-order valence-electron chi connectivity index (χ1n) is 6.33. The summed E-state index contributed by atoms with van der Waals surface area (Å²) in [5.41, 5.74) is 1.99. The highest BCUT2D eigenvalue weighted by atomic mass is 16.5. The van der Waals surface area contributed by atoms with Crippen molar-refractivity contribution < 1.29 is 14.3 Å². The molecule has 0 N–H and O–H groups in total. The van der Waals surface area contributed by atoms with E-state index in [1.165, 1.54) is 12.0 Å².